The quantitative estimate of drug-likeness (QED) is 0.835. The Morgan fingerprint density at radius 3 is 2.69 bits per heavy atom. The second-order valence-corrected chi connectivity index (χ2v) is 5.68. The summed E-state index contributed by atoms with van der Waals surface area (Å²) in [6, 6.07) is 8.71. The number of nitrogens with two attached hydrogens (primary N) is 1. The van der Waals surface area contributed by atoms with Gasteiger partial charge in [0.2, 0.25) is 0 Å². The summed E-state index contributed by atoms with van der Waals surface area (Å²) in [6.45, 7) is 4.50. The van der Waals surface area contributed by atoms with E-state index in [9.17, 15) is 0 Å². The molecule has 0 aliphatic rings. The SMILES string of the molecule is CC(C)CCC(N)c1csc2ccccc12. The average molecular weight is 233 g/mol. The Morgan fingerprint density at radius 1 is 1.19 bits per heavy atom. The van der Waals surface area contributed by atoms with E-state index in [-0.39, 0.29) is 6.04 Å². The summed E-state index contributed by atoms with van der Waals surface area (Å²) in [5, 5.41) is 3.55. The van der Waals surface area contributed by atoms with Crippen LogP contribution in [0.1, 0.15) is 38.3 Å². The van der Waals surface area contributed by atoms with Crippen LogP contribution < -0.4 is 5.73 Å². The number of benzene rings is 1. The van der Waals surface area contributed by atoms with Crippen LogP contribution in [-0.2, 0) is 0 Å². The first-order chi connectivity index (χ1) is 7.68. The van der Waals surface area contributed by atoms with Gasteiger partial charge in [0.25, 0.3) is 0 Å². The first-order valence-corrected chi connectivity index (χ1v) is 6.78. The molecule has 0 saturated heterocycles. The predicted octanol–water partition coefficient (Wildman–Crippen LogP) is 4.34. The molecule has 1 atom stereocenters. The van der Waals surface area contributed by atoms with Gasteiger partial charge in [-0.15, -0.1) is 11.3 Å². The van der Waals surface area contributed by atoms with Crippen LogP contribution in [0.5, 0.6) is 0 Å². The standard InChI is InChI=1S/C14H19NS/c1-10(2)7-8-13(15)12-9-16-14-6-4-3-5-11(12)14/h3-6,9-10,13H,7-8,15H2,1-2H3. The molecule has 1 nitrogen and oxygen atoms in total. The van der Waals surface area contributed by atoms with E-state index in [2.05, 4.69) is 43.5 Å². The van der Waals surface area contributed by atoms with Crippen LogP contribution in [0.25, 0.3) is 10.1 Å². The summed E-state index contributed by atoms with van der Waals surface area (Å²) in [5.74, 6) is 0.732. The first-order valence-electron chi connectivity index (χ1n) is 5.90. The summed E-state index contributed by atoms with van der Waals surface area (Å²) >= 11 is 1.80. The van der Waals surface area contributed by atoms with Crippen molar-refractivity contribution in [3.63, 3.8) is 0 Å². The lowest BCUT2D eigenvalue weighted by molar-refractivity contribution is 0.509. The lowest BCUT2D eigenvalue weighted by Gasteiger charge is -2.12. The van der Waals surface area contributed by atoms with Gasteiger partial charge in [-0.25, -0.2) is 0 Å². The summed E-state index contributed by atoms with van der Waals surface area (Å²) in [6.07, 6.45) is 2.28. The van der Waals surface area contributed by atoms with Crippen molar-refractivity contribution in [3.05, 3.63) is 35.2 Å². The monoisotopic (exact) mass is 233 g/mol. The largest absolute Gasteiger partial charge is 0.324 e. The Balaban J connectivity index is 2.19. The summed E-state index contributed by atoms with van der Waals surface area (Å²) in [5.41, 5.74) is 7.58. The minimum atomic E-state index is 0.193. The molecule has 0 radical (unpaired) electrons. The molecule has 0 fully saturated rings. The first kappa shape index (κ1) is 11.6. The molecule has 0 aliphatic heterocycles. The van der Waals surface area contributed by atoms with E-state index >= 15 is 0 Å². The maximum atomic E-state index is 6.26. The van der Waals surface area contributed by atoms with Crippen molar-refractivity contribution in [1.82, 2.24) is 0 Å². The maximum Gasteiger partial charge on any atom is 0.0346 e. The topological polar surface area (TPSA) is 26.0 Å². The van der Waals surface area contributed by atoms with Gasteiger partial charge >= 0.3 is 0 Å². The Hall–Kier alpha value is -0.860. The molecule has 2 aromatic rings. The molecule has 2 rings (SSSR count). The number of thiophene rings is 1. The van der Waals surface area contributed by atoms with E-state index in [0.717, 1.165) is 12.3 Å². The van der Waals surface area contributed by atoms with Crippen LogP contribution in [0.15, 0.2) is 29.6 Å². The molecule has 0 saturated carbocycles. The van der Waals surface area contributed by atoms with Crippen molar-refractivity contribution in [2.45, 2.75) is 32.7 Å². The fourth-order valence-electron chi connectivity index (χ4n) is 1.95. The van der Waals surface area contributed by atoms with Gasteiger partial charge in [0, 0.05) is 10.7 Å². The molecule has 86 valence electrons. The van der Waals surface area contributed by atoms with Crippen molar-refractivity contribution < 1.29 is 0 Å². The van der Waals surface area contributed by atoms with Crippen LogP contribution in [0.2, 0.25) is 0 Å². The zero-order chi connectivity index (χ0) is 11.5. The molecule has 0 amide bonds. The van der Waals surface area contributed by atoms with Crippen molar-refractivity contribution in [2.24, 2.45) is 11.7 Å². The number of fused-ring (bicyclic) bond motifs is 1. The van der Waals surface area contributed by atoms with Crippen molar-refractivity contribution in [3.8, 4) is 0 Å². The van der Waals surface area contributed by atoms with Crippen LogP contribution >= 0.6 is 11.3 Å². The van der Waals surface area contributed by atoms with E-state index in [1.54, 1.807) is 11.3 Å². The second kappa shape index (κ2) is 4.98. The molecular weight excluding hydrogens is 214 g/mol. The third-order valence-electron chi connectivity index (χ3n) is 2.97. The van der Waals surface area contributed by atoms with Crippen LogP contribution in [-0.4, -0.2) is 0 Å². The summed E-state index contributed by atoms with van der Waals surface area (Å²) < 4.78 is 1.34. The van der Waals surface area contributed by atoms with Gasteiger partial charge in [0.15, 0.2) is 0 Å². The summed E-state index contributed by atoms with van der Waals surface area (Å²) in [4.78, 5) is 0. The predicted molar refractivity (Wildman–Crippen MR) is 72.8 cm³/mol. The maximum absolute atomic E-state index is 6.26. The van der Waals surface area contributed by atoms with Gasteiger partial charge in [-0.1, -0.05) is 32.0 Å². The average Bonchev–Trinajstić information content (AvgIpc) is 2.69. The Kier molecular flexibility index (Phi) is 3.62. The highest BCUT2D eigenvalue weighted by atomic mass is 32.1. The number of rotatable bonds is 4. The normalized spacial score (nSPS) is 13.5. The molecule has 1 aromatic carbocycles. The zero-order valence-electron chi connectivity index (χ0n) is 9.94. The molecular formula is C14H19NS. The third-order valence-corrected chi connectivity index (χ3v) is 3.95. The van der Waals surface area contributed by atoms with Gasteiger partial charge in [0.1, 0.15) is 0 Å². The van der Waals surface area contributed by atoms with E-state index < -0.39 is 0 Å². The van der Waals surface area contributed by atoms with Gasteiger partial charge in [-0.3, -0.25) is 0 Å². The minimum Gasteiger partial charge on any atom is -0.324 e. The molecule has 16 heavy (non-hydrogen) atoms. The minimum absolute atomic E-state index is 0.193. The van der Waals surface area contributed by atoms with Gasteiger partial charge in [-0.05, 0) is 41.2 Å². The zero-order valence-corrected chi connectivity index (χ0v) is 10.8. The van der Waals surface area contributed by atoms with E-state index in [4.69, 9.17) is 5.73 Å². The Labute approximate surface area is 101 Å². The van der Waals surface area contributed by atoms with E-state index in [1.807, 2.05) is 0 Å². The molecule has 0 bridgehead atoms. The van der Waals surface area contributed by atoms with Crippen molar-refractivity contribution in [2.75, 3.05) is 0 Å². The Bertz CT molecular complexity index is 458. The summed E-state index contributed by atoms with van der Waals surface area (Å²) in [7, 11) is 0. The highest BCUT2D eigenvalue weighted by molar-refractivity contribution is 7.17. The Morgan fingerprint density at radius 2 is 1.94 bits per heavy atom. The van der Waals surface area contributed by atoms with E-state index in [0.29, 0.717) is 0 Å². The number of hydrogen-bond donors (Lipinski definition) is 1. The molecule has 1 heterocycles. The van der Waals surface area contributed by atoms with Gasteiger partial charge < -0.3 is 5.73 Å². The molecule has 2 N–H and O–H groups in total. The molecule has 1 unspecified atom stereocenters. The molecule has 1 aromatic heterocycles. The highest BCUT2D eigenvalue weighted by Gasteiger charge is 2.11. The van der Waals surface area contributed by atoms with Gasteiger partial charge in [-0.2, -0.15) is 0 Å². The van der Waals surface area contributed by atoms with Crippen molar-refractivity contribution in [1.29, 1.82) is 0 Å². The highest BCUT2D eigenvalue weighted by Crippen LogP contribution is 2.31. The van der Waals surface area contributed by atoms with Crippen LogP contribution in [0.4, 0.5) is 0 Å². The smallest absolute Gasteiger partial charge is 0.0346 e. The van der Waals surface area contributed by atoms with Crippen LogP contribution in [0, 0.1) is 5.92 Å². The van der Waals surface area contributed by atoms with E-state index in [1.165, 1.54) is 22.1 Å². The van der Waals surface area contributed by atoms with Crippen molar-refractivity contribution >= 4 is 21.4 Å². The molecule has 0 aliphatic carbocycles. The fourth-order valence-corrected chi connectivity index (χ4v) is 2.98. The third kappa shape index (κ3) is 2.45. The lowest BCUT2D eigenvalue weighted by atomic mass is 9.98. The molecule has 0 spiro atoms. The van der Waals surface area contributed by atoms with Gasteiger partial charge in [0.05, 0.1) is 0 Å². The lowest BCUT2D eigenvalue weighted by Crippen LogP contribution is -2.10. The molecule has 2 heteroatoms. The fraction of sp³-hybridized carbons (Fsp3) is 0.429. The van der Waals surface area contributed by atoms with Crippen LogP contribution in [0.3, 0.4) is 0 Å². The second-order valence-electron chi connectivity index (χ2n) is 4.76. The number of hydrogen-bond acceptors (Lipinski definition) is 2.